The minimum atomic E-state index is 0.691. The molecule has 21 heavy (non-hydrogen) atoms. The van der Waals surface area contributed by atoms with E-state index in [1.165, 1.54) is 44.4 Å². The Morgan fingerprint density at radius 1 is 1.19 bits per heavy atom. The number of nitrogens with zero attached hydrogens (tertiary/aromatic N) is 2. The zero-order valence-electron chi connectivity index (χ0n) is 11.3. The zero-order chi connectivity index (χ0) is 13.8. The van der Waals surface area contributed by atoms with Gasteiger partial charge in [0.25, 0.3) is 0 Å². The van der Waals surface area contributed by atoms with Gasteiger partial charge in [0.1, 0.15) is 5.65 Å². The lowest BCUT2D eigenvalue weighted by molar-refractivity contribution is 1.04. The highest BCUT2D eigenvalue weighted by molar-refractivity contribution is 7.22. The molecule has 5 rings (SSSR count). The van der Waals surface area contributed by atoms with Gasteiger partial charge < -0.3 is 4.98 Å². The molecule has 1 aliphatic carbocycles. The molecule has 1 fully saturated rings. The predicted molar refractivity (Wildman–Crippen MR) is 86.7 cm³/mol. The van der Waals surface area contributed by atoms with Crippen molar-refractivity contribution in [3.63, 3.8) is 0 Å². The number of hydrogen-bond donors (Lipinski definition) is 1. The van der Waals surface area contributed by atoms with Gasteiger partial charge in [-0.05, 0) is 42.5 Å². The maximum absolute atomic E-state index is 4.77. The van der Waals surface area contributed by atoms with Crippen LogP contribution in [0.5, 0.6) is 0 Å². The summed E-state index contributed by atoms with van der Waals surface area (Å²) in [5, 5.41) is 2.46. The van der Waals surface area contributed by atoms with Gasteiger partial charge in [0, 0.05) is 46.0 Å². The van der Waals surface area contributed by atoms with Crippen molar-refractivity contribution in [1.29, 1.82) is 0 Å². The van der Waals surface area contributed by atoms with Crippen molar-refractivity contribution >= 4 is 32.5 Å². The standard InChI is InChI=1S/C17H13N3S/c1-2-10(1)14-4-3-12-13(8-19-17(12)20-14)15-7-11-5-6-18-9-16(11)21-15/h3-10H,1-2H2,(H,19,20). The molecular formula is C17H13N3S. The first kappa shape index (κ1) is 11.5. The molecular weight excluding hydrogens is 278 g/mol. The normalized spacial score (nSPS) is 15.0. The molecule has 0 amide bonds. The van der Waals surface area contributed by atoms with E-state index in [9.17, 15) is 0 Å². The number of pyridine rings is 2. The topological polar surface area (TPSA) is 41.6 Å². The summed E-state index contributed by atoms with van der Waals surface area (Å²) >= 11 is 1.78. The van der Waals surface area contributed by atoms with Crippen molar-refractivity contribution < 1.29 is 0 Å². The Balaban J connectivity index is 1.69. The maximum Gasteiger partial charge on any atom is 0.138 e. The molecule has 4 heterocycles. The molecule has 4 heteroatoms. The highest BCUT2D eigenvalue weighted by atomic mass is 32.1. The number of thiophene rings is 1. The highest BCUT2D eigenvalue weighted by Crippen LogP contribution is 2.41. The minimum Gasteiger partial charge on any atom is -0.345 e. The van der Waals surface area contributed by atoms with E-state index in [4.69, 9.17) is 4.98 Å². The lowest BCUT2D eigenvalue weighted by atomic mass is 10.1. The van der Waals surface area contributed by atoms with Crippen LogP contribution in [0.4, 0.5) is 0 Å². The Hall–Kier alpha value is -2.20. The van der Waals surface area contributed by atoms with Crippen LogP contribution in [0, 0.1) is 0 Å². The average molecular weight is 291 g/mol. The molecule has 1 aliphatic rings. The number of rotatable bonds is 2. The Morgan fingerprint density at radius 2 is 2.14 bits per heavy atom. The van der Waals surface area contributed by atoms with Gasteiger partial charge >= 0.3 is 0 Å². The third kappa shape index (κ3) is 1.79. The average Bonchev–Trinajstić information content (AvgIpc) is 3.14. The summed E-state index contributed by atoms with van der Waals surface area (Å²) in [5.74, 6) is 0.691. The van der Waals surface area contributed by atoms with Gasteiger partial charge in [-0.3, -0.25) is 4.98 Å². The van der Waals surface area contributed by atoms with E-state index in [0.29, 0.717) is 5.92 Å². The lowest BCUT2D eigenvalue weighted by Crippen LogP contribution is -1.86. The summed E-state index contributed by atoms with van der Waals surface area (Å²) in [6.07, 6.45) is 8.43. The van der Waals surface area contributed by atoms with Gasteiger partial charge in [-0.2, -0.15) is 0 Å². The third-order valence-corrected chi connectivity index (χ3v) is 5.26. The number of fused-ring (bicyclic) bond motifs is 2. The first-order valence-corrected chi connectivity index (χ1v) is 8.02. The summed E-state index contributed by atoms with van der Waals surface area (Å²) in [4.78, 5) is 13.6. The fourth-order valence-electron chi connectivity index (χ4n) is 2.85. The second-order valence-corrected chi connectivity index (χ2v) is 6.72. The molecule has 102 valence electrons. The fraction of sp³-hybridized carbons (Fsp3) is 0.176. The molecule has 0 bridgehead atoms. The van der Waals surface area contributed by atoms with Crippen LogP contribution in [0.25, 0.3) is 31.6 Å². The predicted octanol–water partition coefficient (Wildman–Crippen LogP) is 4.72. The Morgan fingerprint density at radius 3 is 3.00 bits per heavy atom. The highest BCUT2D eigenvalue weighted by Gasteiger charge is 2.25. The summed E-state index contributed by atoms with van der Waals surface area (Å²) < 4.78 is 1.23. The summed E-state index contributed by atoms with van der Waals surface area (Å²) in [7, 11) is 0. The zero-order valence-corrected chi connectivity index (χ0v) is 12.2. The third-order valence-electron chi connectivity index (χ3n) is 4.14. The number of aromatic amines is 1. The van der Waals surface area contributed by atoms with Gasteiger partial charge in [-0.25, -0.2) is 4.98 Å². The molecule has 4 aromatic heterocycles. The van der Waals surface area contributed by atoms with Crippen molar-refractivity contribution in [1.82, 2.24) is 15.0 Å². The lowest BCUT2D eigenvalue weighted by Gasteiger charge is -1.98. The molecule has 0 radical (unpaired) electrons. The molecule has 1 N–H and O–H groups in total. The van der Waals surface area contributed by atoms with Gasteiger partial charge in [0.15, 0.2) is 0 Å². The molecule has 0 aliphatic heterocycles. The van der Waals surface area contributed by atoms with Crippen molar-refractivity contribution in [2.75, 3.05) is 0 Å². The Labute approximate surface area is 125 Å². The van der Waals surface area contributed by atoms with Gasteiger partial charge in [0.2, 0.25) is 0 Å². The van der Waals surface area contributed by atoms with Crippen molar-refractivity contribution in [3.8, 4) is 10.4 Å². The van der Waals surface area contributed by atoms with Crippen LogP contribution in [0.1, 0.15) is 24.5 Å². The number of hydrogen-bond acceptors (Lipinski definition) is 3. The largest absolute Gasteiger partial charge is 0.345 e. The molecule has 3 nitrogen and oxygen atoms in total. The number of H-pyrrole nitrogens is 1. The van der Waals surface area contributed by atoms with E-state index in [-0.39, 0.29) is 0 Å². The molecule has 0 atom stereocenters. The Bertz CT molecular complexity index is 929. The maximum atomic E-state index is 4.77. The van der Waals surface area contributed by atoms with E-state index < -0.39 is 0 Å². The smallest absolute Gasteiger partial charge is 0.138 e. The van der Waals surface area contributed by atoms with E-state index in [1.54, 1.807) is 11.3 Å². The number of aromatic nitrogens is 3. The molecule has 0 unspecified atom stereocenters. The van der Waals surface area contributed by atoms with Crippen molar-refractivity contribution in [2.24, 2.45) is 0 Å². The fourth-order valence-corrected chi connectivity index (χ4v) is 3.91. The van der Waals surface area contributed by atoms with Crippen LogP contribution in [0.15, 0.2) is 42.9 Å². The first-order valence-electron chi connectivity index (χ1n) is 7.20. The summed E-state index contributed by atoms with van der Waals surface area (Å²) in [6, 6.07) is 8.70. The van der Waals surface area contributed by atoms with Gasteiger partial charge in [0.05, 0.1) is 4.70 Å². The van der Waals surface area contributed by atoms with Crippen LogP contribution < -0.4 is 0 Å². The number of nitrogens with one attached hydrogen (secondary N) is 1. The van der Waals surface area contributed by atoms with E-state index in [2.05, 4.69) is 40.4 Å². The Kier molecular flexibility index (Phi) is 2.26. The quantitative estimate of drug-likeness (QED) is 0.580. The van der Waals surface area contributed by atoms with Gasteiger partial charge in [-0.1, -0.05) is 0 Å². The monoisotopic (exact) mass is 291 g/mol. The molecule has 1 saturated carbocycles. The molecule has 4 aromatic rings. The molecule has 0 aromatic carbocycles. The van der Waals surface area contributed by atoms with Crippen LogP contribution in [-0.4, -0.2) is 15.0 Å². The van der Waals surface area contributed by atoms with E-state index in [0.717, 1.165) is 5.65 Å². The molecule has 0 saturated heterocycles. The SMILES string of the molecule is c1cc2cc(-c3c[nH]c4nc(C5CC5)ccc34)sc2cn1. The van der Waals surface area contributed by atoms with Crippen LogP contribution in [0.3, 0.4) is 0 Å². The van der Waals surface area contributed by atoms with E-state index >= 15 is 0 Å². The molecule has 0 spiro atoms. The van der Waals surface area contributed by atoms with Crippen molar-refractivity contribution in [2.45, 2.75) is 18.8 Å². The van der Waals surface area contributed by atoms with Crippen LogP contribution in [-0.2, 0) is 0 Å². The first-order chi connectivity index (χ1) is 10.4. The minimum absolute atomic E-state index is 0.691. The van der Waals surface area contributed by atoms with Gasteiger partial charge in [-0.15, -0.1) is 11.3 Å². The van der Waals surface area contributed by atoms with Crippen molar-refractivity contribution in [3.05, 3.63) is 48.5 Å². The second-order valence-electron chi connectivity index (χ2n) is 5.63. The van der Waals surface area contributed by atoms with Crippen LogP contribution >= 0.6 is 11.3 Å². The second kappa shape index (κ2) is 4.15. The van der Waals surface area contributed by atoms with Crippen LogP contribution in [0.2, 0.25) is 0 Å². The van der Waals surface area contributed by atoms with E-state index in [1.807, 2.05) is 12.4 Å². The summed E-state index contributed by atoms with van der Waals surface area (Å²) in [5.41, 5.74) is 3.47. The summed E-state index contributed by atoms with van der Waals surface area (Å²) in [6.45, 7) is 0.